The van der Waals surface area contributed by atoms with Crippen LogP contribution in [0.5, 0.6) is 0 Å². The van der Waals surface area contributed by atoms with Crippen molar-refractivity contribution in [1.29, 1.82) is 0 Å². The molecular formula is C28H28FN3O3. The lowest BCUT2D eigenvalue weighted by Gasteiger charge is -2.17. The van der Waals surface area contributed by atoms with Gasteiger partial charge in [0.2, 0.25) is 5.89 Å². The highest BCUT2D eigenvalue weighted by Gasteiger charge is 2.24. The van der Waals surface area contributed by atoms with Gasteiger partial charge in [-0.3, -0.25) is 9.59 Å². The quantitative estimate of drug-likeness (QED) is 0.370. The molecule has 0 aliphatic rings. The van der Waals surface area contributed by atoms with Crippen molar-refractivity contribution in [1.82, 2.24) is 15.2 Å². The van der Waals surface area contributed by atoms with Gasteiger partial charge in [0.1, 0.15) is 17.1 Å². The third-order valence-corrected chi connectivity index (χ3v) is 5.83. The van der Waals surface area contributed by atoms with E-state index in [0.29, 0.717) is 35.5 Å². The van der Waals surface area contributed by atoms with Crippen LogP contribution >= 0.6 is 0 Å². The van der Waals surface area contributed by atoms with Crippen molar-refractivity contribution in [3.8, 4) is 0 Å². The maximum atomic E-state index is 13.4. The minimum Gasteiger partial charge on any atom is -0.440 e. The van der Waals surface area contributed by atoms with Gasteiger partial charge in [0, 0.05) is 24.6 Å². The number of rotatable bonds is 10. The maximum Gasteiger partial charge on any atom is 0.251 e. The molecule has 180 valence electrons. The highest BCUT2D eigenvalue weighted by Crippen LogP contribution is 2.25. The average Bonchev–Trinajstić information content (AvgIpc) is 3.25. The Morgan fingerprint density at radius 2 is 1.71 bits per heavy atom. The predicted molar refractivity (Wildman–Crippen MR) is 133 cm³/mol. The van der Waals surface area contributed by atoms with Gasteiger partial charge in [-0.1, -0.05) is 36.4 Å². The Hall–Kier alpha value is -3.84. The van der Waals surface area contributed by atoms with Gasteiger partial charge in [-0.15, -0.1) is 0 Å². The van der Waals surface area contributed by atoms with Crippen molar-refractivity contribution in [2.75, 3.05) is 27.2 Å². The minimum absolute atomic E-state index is 0.0350. The topological polar surface area (TPSA) is 75.4 Å². The molecule has 1 aromatic heterocycles. The molecule has 0 spiro atoms. The second kappa shape index (κ2) is 11.1. The Labute approximate surface area is 203 Å². The maximum absolute atomic E-state index is 13.4. The smallest absolute Gasteiger partial charge is 0.251 e. The highest BCUT2D eigenvalue weighted by molar-refractivity contribution is 5.94. The first-order chi connectivity index (χ1) is 16.9. The molecule has 4 rings (SSSR count). The standard InChI is InChI=1S/C28H28FN3O3/c1-32(2)16-15-30-28(34)21-11-9-20(10-12-21)23(17-19-7-13-22(29)14-8-19)25(33)18-27-31-24-5-3-4-6-26(24)35-27/h3-14,23H,15-18H2,1-2H3,(H,30,34). The number of para-hydroxylation sites is 2. The van der Waals surface area contributed by atoms with E-state index in [0.717, 1.165) is 17.7 Å². The minimum atomic E-state index is -0.499. The van der Waals surface area contributed by atoms with Crippen molar-refractivity contribution >= 4 is 22.8 Å². The van der Waals surface area contributed by atoms with Crippen molar-refractivity contribution in [3.05, 3.63) is 101 Å². The number of fused-ring (bicyclic) bond motifs is 1. The summed E-state index contributed by atoms with van der Waals surface area (Å²) in [6.45, 7) is 1.29. The molecule has 0 saturated heterocycles. The van der Waals surface area contributed by atoms with E-state index in [1.807, 2.05) is 43.3 Å². The fourth-order valence-corrected chi connectivity index (χ4v) is 3.90. The van der Waals surface area contributed by atoms with E-state index in [4.69, 9.17) is 4.42 Å². The van der Waals surface area contributed by atoms with Crippen LogP contribution in [0, 0.1) is 5.82 Å². The van der Waals surface area contributed by atoms with Crippen LogP contribution in [-0.4, -0.2) is 48.8 Å². The predicted octanol–water partition coefficient (Wildman–Crippen LogP) is 4.40. The molecular weight excluding hydrogens is 445 g/mol. The van der Waals surface area contributed by atoms with Crippen molar-refractivity contribution in [2.24, 2.45) is 0 Å². The van der Waals surface area contributed by atoms with Crippen LogP contribution in [0.3, 0.4) is 0 Å². The molecule has 1 atom stereocenters. The molecule has 1 N–H and O–H groups in total. The number of carbonyl (C=O) groups excluding carboxylic acids is 2. The number of halogens is 1. The van der Waals surface area contributed by atoms with Gasteiger partial charge >= 0.3 is 0 Å². The first-order valence-electron chi connectivity index (χ1n) is 11.5. The van der Waals surface area contributed by atoms with Crippen molar-refractivity contribution < 1.29 is 18.4 Å². The van der Waals surface area contributed by atoms with Crippen molar-refractivity contribution in [3.63, 3.8) is 0 Å². The third-order valence-electron chi connectivity index (χ3n) is 5.83. The fourth-order valence-electron chi connectivity index (χ4n) is 3.90. The zero-order valence-electron chi connectivity index (χ0n) is 19.8. The number of hydrogen-bond acceptors (Lipinski definition) is 5. The number of nitrogens with one attached hydrogen (secondary N) is 1. The van der Waals surface area contributed by atoms with E-state index in [1.54, 1.807) is 36.4 Å². The number of ketones is 1. The van der Waals surface area contributed by atoms with Crippen LogP contribution in [0.1, 0.15) is 33.3 Å². The third kappa shape index (κ3) is 6.39. The molecule has 0 aliphatic heterocycles. The van der Waals surface area contributed by atoms with Crippen LogP contribution in [0.4, 0.5) is 4.39 Å². The normalized spacial score (nSPS) is 12.1. The van der Waals surface area contributed by atoms with Crippen LogP contribution in [0.25, 0.3) is 11.1 Å². The van der Waals surface area contributed by atoms with Crippen LogP contribution in [-0.2, 0) is 17.6 Å². The monoisotopic (exact) mass is 473 g/mol. The van der Waals surface area contributed by atoms with E-state index >= 15 is 0 Å². The van der Waals surface area contributed by atoms with E-state index in [2.05, 4.69) is 10.3 Å². The van der Waals surface area contributed by atoms with Gasteiger partial charge < -0.3 is 14.6 Å². The number of amides is 1. The van der Waals surface area contributed by atoms with Gasteiger partial charge in [0.25, 0.3) is 5.91 Å². The largest absolute Gasteiger partial charge is 0.440 e. The summed E-state index contributed by atoms with van der Waals surface area (Å²) in [6, 6.07) is 20.6. The van der Waals surface area contributed by atoms with Gasteiger partial charge in [0.05, 0.1) is 6.42 Å². The lowest BCUT2D eigenvalue weighted by atomic mass is 9.86. The molecule has 1 amide bonds. The molecule has 3 aromatic carbocycles. The number of benzene rings is 3. The number of oxazole rings is 1. The molecule has 35 heavy (non-hydrogen) atoms. The summed E-state index contributed by atoms with van der Waals surface area (Å²) in [4.78, 5) is 32.3. The second-order valence-electron chi connectivity index (χ2n) is 8.78. The summed E-state index contributed by atoms with van der Waals surface area (Å²) in [5.74, 6) is -0.693. The Morgan fingerprint density at radius 1 is 1.00 bits per heavy atom. The zero-order chi connectivity index (χ0) is 24.8. The van der Waals surface area contributed by atoms with E-state index in [1.165, 1.54) is 12.1 Å². The molecule has 1 unspecified atom stereocenters. The number of Topliss-reactive ketones (excluding diaryl/α,β-unsaturated/α-hetero) is 1. The molecule has 0 radical (unpaired) electrons. The number of hydrogen-bond donors (Lipinski definition) is 1. The van der Waals surface area contributed by atoms with Gasteiger partial charge in [-0.25, -0.2) is 9.37 Å². The average molecular weight is 474 g/mol. The summed E-state index contributed by atoms with van der Waals surface area (Å²) >= 11 is 0. The SMILES string of the molecule is CN(C)CCNC(=O)c1ccc(C(Cc2ccc(F)cc2)C(=O)Cc2nc3ccccc3o2)cc1. The zero-order valence-corrected chi connectivity index (χ0v) is 19.8. The fraction of sp³-hybridized carbons (Fsp3) is 0.250. The van der Waals surface area contributed by atoms with E-state index in [9.17, 15) is 14.0 Å². The molecule has 0 bridgehead atoms. The lowest BCUT2D eigenvalue weighted by Crippen LogP contribution is -2.31. The number of likely N-dealkylation sites (N-methyl/N-ethyl adjacent to an activating group) is 1. The first-order valence-corrected chi connectivity index (χ1v) is 11.5. The highest BCUT2D eigenvalue weighted by atomic mass is 19.1. The summed E-state index contributed by atoms with van der Waals surface area (Å²) in [5, 5.41) is 2.89. The van der Waals surface area contributed by atoms with Gasteiger partial charge in [-0.05, 0) is 68.0 Å². The molecule has 0 fully saturated rings. The van der Waals surface area contributed by atoms with Gasteiger partial charge in [0.15, 0.2) is 5.58 Å². The van der Waals surface area contributed by atoms with Crippen LogP contribution in [0.15, 0.2) is 77.2 Å². The Balaban J connectivity index is 1.54. The summed E-state index contributed by atoms with van der Waals surface area (Å²) in [5.41, 5.74) is 3.48. The molecule has 0 aliphatic carbocycles. The van der Waals surface area contributed by atoms with Crippen LogP contribution in [0.2, 0.25) is 0 Å². The summed E-state index contributed by atoms with van der Waals surface area (Å²) in [7, 11) is 3.89. The lowest BCUT2D eigenvalue weighted by molar-refractivity contribution is -0.120. The summed E-state index contributed by atoms with van der Waals surface area (Å²) < 4.78 is 19.2. The number of carbonyl (C=O) groups is 2. The van der Waals surface area contributed by atoms with Crippen LogP contribution < -0.4 is 5.32 Å². The molecule has 4 aromatic rings. The van der Waals surface area contributed by atoms with E-state index < -0.39 is 5.92 Å². The Bertz CT molecular complexity index is 1260. The van der Waals surface area contributed by atoms with Crippen molar-refractivity contribution in [2.45, 2.75) is 18.8 Å². The molecule has 7 heteroatoms. The molecule has 6 nitrogen and oxygen atoms in total. The number of nitrogens with zero attached hydrogens (tertiary/aromatic N) is 2. The molecule has 0 saturated carbocycles. The Kier molecular flexibility index (Phi) is 7.67. The molecule has 1 heterocycles. The summed E-state index contributed by atoms with van der Waals surface area (Å²) in [6.07, 6.45) is 0.432. The number of aromatic nitrogens is 1. The second-order valence-corrected chi connectivity index (χ2v) is 8.78. The van der Waals surface area contributed by atoms with E-state index in [-0.39, 0.29) is 23.9 Å². The Morgan fingerprint density at radius 3 is 2.40 bits per heavy atom. The first kappa shape index (κ1) is 24.3. The van der Waals surface area contributed by atoms with Gasteiger partial charge in [-0.2, -0.15) is 0 Å².